The normalized spacial score (nSPS) is 24.3. The predicted molar refractivity (Wildman–Crippen MR) is 184 cm³/mol. The van der Waals surface area contributed by atoms with Crippen molar-refractivity contribution in [2.75, 3.05) is 0 Å². The van der Waals surface area contributed by atoms with Gasteiger partial charge in [0, 0.05) is 16.6 Å². The Labute approximate surface area is 263 Å². The van der Waals surface area contributed by atoms with Crippen LogP contribution in [-0.2, 0) is 16.6 Å². The minimum Gasteiger partial charge on any atom is -0.377 e. The van der Waals surface area contributed by atoms with E-state index in [1.54, 1.807) is 0 Å². The van der Waals surface area contributed by atoms with Gasteiger partial charge in [0.25, 0.3) is 0 Å². The molecule has 0 aromatic heterocycles. The van der Waals surface area contributed by atoms with Gasteiger partial charge in [0.2, 0.25) is 0 Å². The molecule has 0 bridgehead atoms. The zero-order chi connectivity index (χ0) is 30.6. The third-order valence-electron chi connectivity index (χ3n) is 10.5. The van der Waals surface area contributed by atoms with Crippen LogP contribution in [0, 0.1) is 0 Å². The molecule has 0 saturated heterocycles. The Kier molecular flexibility index (Phi) is 5.29. The van der Waals surface area contributed by atoms with Crippen LogP contribution in [0.4, 0.5) is 0 Å². The molecule has 2 nitrogen and oxygen atoms in total. The number of hydrogen-bond donors (Lipinski definition) is 2. The number of aliphatic hydroxyl groups is 2. The maximum Gasteiger partial charge on any atom is 0.141 e. The Morgan fingerprint density at radius 1 is 0.556 bits per heavy atom. The van der Waals surface area contributed by atoms with E-state index in [-0.39, 0.29) is 5.41 Å². The molecule has 4 aliphatic carbocycles. The van der Waals surface area contributed by atoms with Gasteiger partial charge in [-0.25, -0.2) is 0 Å². The molecule has 0 saturated carbocycles. The minimum absolute atomic E-state index is 0.386. The lowest BCUT2D eigenvalue weighted by Gasteiger charge is -2.46. The van der Waals surface area contributed by atoms with E-state index in [1.807, 2.05) is 42.5 Å². The second kappa shape index (κ2) is 9.01. The first-order valence-corrected chi connectivity index (χ1v) is 15.6. The maximum absolute atomic E-state index is 13.4. The first-order chi connectivity index (χ1) is 21.8. The Morgan fingerprint density at radius 2 is 1.18 bits per heavy atom. The smallest absolute Gasteiger partial charge is 0.141 e. The quantitative estimate of drug-likeness (QED) is 0.219. The zero-order valence-corrected chi connectivity index (χ0v) is 25.3. The third-order valence-corrected chi connectivity index (χ3v) is 10.5. The molecule has 2 heteroatoms. The summed E-state index contributed by atoms with van der Waals surface area (Å²) in [6.45, 7) is 4.49. The molecule has 0 spiro atoms. The summed E-state index contributed by atoms with van der Waals surface area (Å²) in [5.74, 6) is 0. The van der Waals surface area contributed by atoms with Gasteiger partial charge >= 0.3 is 0 Å². The summed E-state index contributed by atoms with van der Waals surface area (Å²) < 4.78 is 0. The molecule has 5 aromatic carbocycles. The Bertz CT molecular complexity index is 2320. The van der Waals surface area contributed by atoms with Gasteiger partial charge in [0.1, 0.15) is 11.2 Å². The molecule has 5 aromatic rings. The number of hydrogen-bond acceptors (Lipinski definition) is 2. The van der Waals surface area contributed by atoms with Gasteiger partial charge in [-0.2, -0.15) is 0 Å². The van der Waals surface area contributed by atoms with E-state index in [0.29, 0.717) is 0 Å². The number of fused-ring (bicyclic) bond motifs is 6. The van der Waals surface area contributed by atoms with Gasteiger partial charge in [-0.05, 0) is 103 Å². The minimum atomic E-state index is -1.44. The van der Waals surface area contributed by atoms with E-state index in [1.165, 1.54) is 5.56 Å². The monoisotopic (exact) mass is 580 g/mol. The highest BCUT2D eigenvalue weighted by Crippen LogP contribution is 2.60. The van der Waals surface area contributed by atoms with Crippen molar-refractivity contribution >= 4 is 27.6 Å². The van der Waals surface area contributed by atoms with Crippen molar-refractivity contribution in [1.29, 1.82) is 0 Å². The van der Waals surface area contributed by atoms with Crippen molar-refractivity contribution in [2.45, 2.75) is 30.5 Å². The van der Waals surface area contributed by atoms with Gasteiger partial charge in [0.05, 0.1) is 0 Å². The molecule has 2 unspecified atom stereocenters. The molecular formula is C43H32O2. The van der Waals surface area contributed by atoms with E-state index < -0.39 is 11.2 Å². The number of allylic oxidation sites excluding steroid dienone is 4. The van der Waals surface area contributed by atoms with Crippen molar-refractivity contribution in [3.05, 3.63) is 195 Å². The van der Waals surface area contributed by atoms with E-state index in [2.05, 4.69) is 117 Å². The molecule has 9 rings (SSSR count). The molecule has 216 valence electrons. The number of rotatable bonds is 2. The predicted octanol–water partition coefficient (Wildman–Crippen LogP) is 9.12. The topological polar surface area (TPSA) is 40.5 Å². The molecule has 0 heterocycles. The first kappa shape index (κ1) is 26.4. The summed E-state index contributed by atoms with van der Waals surface area (Å²) in [5, 5.41) is 30.6. The molecule has 0 aliphatic heterocycles. The van der Waals surface area contributed by atoms with Crippen LogP contribution in [0.15, 0.2) is 173 Å². The molecule has 0 amide bonds. The third kappa shape index (κ3) is 3.52. The van der Waals surface area contributed by atoms with Gasteiger partial charge < -0.3 is 10.2 Å². The second-order valence-corrected chi connectivity index (χ2v) is 13.3. The summed E-state index contributed by atoms with van der Waals surface area (Å²) in [5.41, 5.74) is 6.14. The van der Waals surface area contributed by atoms with Gasteiger partial charge in [-0.1, -0.05) is 123 Å². The van der Waals surface area contributed by atoms with E-state index >= 15 is 0 Å². The Balaban J connectivity index is 1.36. The fourth-order valence-corrected chi connectivity index (χ4v) is 8.12. The van der Waals surface area contributed by atoms with E-state index in [4.69, 9.17) is 0 Å². The second-order valence-electron chi connectivity index (χ2n) is 13.3. The Hall–Kier alpha value is -5.02. The summed E-state index contributed by atoms with van der Waals surface area (Å²) in [7, 11) is 0. The van der Waals surface area contributed by atoms with E-state index in [9.17, 15) is 10.2 Å². The van der Waals surface area contributed by atoms with Crippen LogP contribution in [0.25, 0.3) is 27.6 Å². The molecule has 4 aliphatic rings. The molecule has 2 atom stereocenters. The highest BCUT2D eigenvalue weighted by atomic mass is 16.3. The zero-order valence-electron chi connectivity index (χ0n) is 25.3. The van der Waals surface area contributed by atoms with Crippen LogP contribution < -0.4 is 0 Å². The molecule has 45 heavy (non-hydrogen) atoms. The summed E-state index contributed by atoms with van der Waals surface area (Å²) in [6.07, 6.45) is 12.4. The lowest BCUT2D eigenvalue weighted by molar-refractivity contribution is 0.116. The van der Waals surface area contributed by atoms with Crippen molar-refractivity contribution in [3.8, 4) is 0 Å². The van der Waals surface area contributed by atoms with Crippen LogP contribution in [0.5, 0.6) is 0 Å². The molecular weight excluding hydrogens is 548 g/mol. The van der Waals surface area contributed by atoms with Crippen molar-refractivity contribution in [3.63, 3.8) is 0 Å². The number of benzene rings is 5. The van der Waals surface area contributed by atoms with Crippen LogP contribution in [0.2, 0.25) is 0 Å². The average molecular weight is 581 g/mol. The first-order valence-electron chi connectivity index (χ1n) is 15.6. The van der Waals surface area contributed by atoms with Crippen LogP contribution in [0.1, 0.15) is 36.1 Å². The standard InChI is InChI=1S/C43H32O2/c1-41(2)36-16-8-7-14-31(36)24-39-38(41)26-35-37(43(39,45)34-20-18-28-11-4-6-13-30(28)23-34)25-32-15-9-21-42(44,40(32)35)33-19-17-27-10-3-5-12-29(27)22-33/h3-26,44-45H,1-2H3. The van der Waals surface area contributed by atoms with Gasteiger partial charge in [0.15, 0.2) is 0 Å². The Morgan fingerprint density at radius 3 is 1.91 bits per heavy atom. The van der Waals surface area contributed by atoms with Crippen molar-refractivity contribution in [1.82, 2.24) is 0 Å². The van der Waals surface area contributed by atoms with Crippen molar-refractivity contribution < 1.29 is 10.2 Å². The van der Waals surface area contributed by atoms with Crippen LogP contribution >= 0.6 is 0 Å². The van der Waals surface area contributed by atoms with Crippen LogP contribution in [-0.4, -0.2) is 10.2 Å². The fourth-order valence-electron chi connectivity index (χ4n) is 8.12. The average Bonchev–Trinajstić information content (AvgIpc) is 3.46. The summed E-state index contributed by atoms with van der Waals surface area (Å²) in [4.78, 5) is 0. The van der Waals surface area contributed by atoms with E-state index in [0.717, 1.165) is 71.7 Å². The fraction of sp³-hybridized carbons (Fsp3) is 0.116. The molecule has 0 radical (unpaired) electrons. The lowest BCUT2D eigenvalue weighted by atomic mass is 9.59. The van der Waals surface area contributed by atoms with Gasteiger partial charge in [-0.3, -0.25) is 0 Å². The summed E-state index contributed by atoms with van der Waals surface area (Å²) in [6, 6.07) is 37.5. The highest BCUT2D eigenvalue weighted by molar-refractivity contribution is 5.88. The molecule has 0 fully saturated rings. The van der Waals surface area contributed by atoms with Crippen molar-refractivity contribution in [2.24, 2.45) is 0 Å². The lowest BCUT2D eigenvalue weighted by Crippen LogP contribution is -2.41. The summed E-state index contributed by atoms with van der Waals surface area (Å²) >= 11 is 0. The highest BCUT2D eigenvalue weighted by Gasteiger charge is 2.53. The molecule has 2 N–H and O–H groups in total. The largest absolute Gasteiger partial charge is 0.377 e. The SMILES string of the molecule is CC1(C)C2=CC3=C4C(=CC=CC4(O)c4ccc5ccccc5c4)C=C3C(O)(c3ccc4ccccc4c3)C2=Cc2ccccc21. The maximum atomic E-state index is 13.4. The van der Waals surface area contributed by atoms with Crippen LogP contribution in [0.3, 0.4) is 0 Å². The van der Waals surface area contributed by atoms with Gasteiger partial charge in [-0.15, -0.1) is 0 Å².